The van der Waals surface area contributed by atoms with Gasteiger partial charge in [-0.1, -0.05) is 6.42 Å². The van der Waals surface area contributed by atoms with Crippen molar-refractivity contribution in [1.82, 2.24) is 4.98 Å². The highest BCUT2D eigenvalue weighted by atomic mass is 15.2. The number of aryl methyl sites for hydroxylation is 2. The number of fused-ring (bicyclic) bond motifs is 1. The lowest BCUT2D eigenvalue weighted by molar-refractivity contribution is 0.318. The lowest BCUT2D eigenvalue weighted by Gasteiger charge is -2.33. The van der Waals surface area contributed by atoms with Gasteiger partial charge in [-0.25, -0.2) is 4.98 Å². The van der Waals surface area contributed by atoms with E-state index in [1.54, 1.807) is 0 Å². The van der Waals surface area contributed by atoms with Gasteiger partial charge >= 0.3 is 0 Å². The van der Waals surface area contributed by atoms with Gasteiger partial charge in [0.25, 0.3) is 0 Å². The van der Waals surface area contributed by atoms with Crippen LogP contribution in [0.5, 0.6) is 0 Å². The van der Waals surface area contributed by atoms with Gasteiger partial charge in [0.1, 0.15) is 5.82 Å². The Morgan fingerprint density at radius 2 is 2.16 bits per heavy atom. The highest BCUT2D eigenvalue weighted by Gasteiger charge is 2.23. The minimum Gasteiger partial charge on any atom is -0.356 e. The van der Waals surface area contributed by atoms with Gasteiger partial charge in [0.05, 0.1) is 0 Å². The summed E-state index contributed by atoms with van der Waals surface area (Å²) in [7, 11) is 0. The molecule has 19 heavy (non-hydrogen) atoms. The van der Waals surface area contributed by atoms with E-state index in [-0.39, 0.29) is 0 Å². The quantitative estimate of drug-likeness (QED) is 0.884. The maximum atomic E-state index is 5.95. The third-order valence-electron chi connectivity index (χ3n) is 4.71. The summed E-state index contributed by atoms with van der Waals surface area (Å²) < 4.78 is 0. The minimum atomic E-state index is 0.608. The Bertz CT molecular complexity index is 452. The number of anilines is 1. The van der Waals surface area contributed by atoms with Crippen molar-refractivity contribution in [3.8, 4) is 0 Å². The molecule has 0 unspecified atom stereocenters. The fourth-order valence-electron chi connectivity index (χ4n) is 3.29. The van der Waals surface area contributed by atoms with Crippen molar-refractivity contribution < 1.29 is 0 Å². The van der Waals surface area contributed by atoms with Gasteiger partial charge < -0.3 is 10.6 Å². The van der Waals surface area contributed by atoms with Crippen LogP contribution in [0.1, 0.15) is 49.4 Å². The van der Waals surface area contributed by atoms with Crippen molar-refractivity contribution in [1.29, 1.82) is 0 Å². The number of hydrogen-bond acceptors (Lipinski definition) is 3. The molecule has 0 spiro atoms. The summed E-state index contributed by atoms with van der Waals surface area (Å²) in [4.78, 5) is 7.40. The Morgan fingerprint density at radius 3 is 2.79 bits per heavy atom. The number of rotatable bonds is 5. The molecule has 1 fully saturated rings. The molecule has 3 heteroatoms. The average molecular weight is 259 g/mol. The molecule has 1 saturated carbocycles. The lowest BCUT2D eigenvalue weighted by atomic mass is 9.85. The van der Waals surface area contributed by atoms with Crippen LogP contribution >= 0.6 is 0 Å². The zero-order valence-corrected chi connectivity index (χ0v) is 12.0. The molecular weight excluding hydrogens is 234 g/mol. The van der Waals surface area contributed by atoms with Gasteiger partial charge in [-0.15, -0.1) is 0 Å². The molecule has 1 aromatic heterocycles. The summed E-state index contributed by atoms with van der Waals surface area (Å²) in [6.07, 6.45) is 7.77. The number of pyridine rings is 1. The summed E-state index contributed by atoms with van der Waals surface area (Å²) >= 11 is 0. The van der Waals surface area contributed by atoms with Crippen LogP contribution in [0.25, 0.3) is 0 Å². The van der Waals surface area contributed by atoms with E-state index >= 15 is 0 Å². The van der Waals surface area contributed by atoms with Gasteiger partial charge in [-0.05, 0) is 56.6 Å². The number of nitrogens with zero attached hydrogens (tertiary/aromatic N) is 2. The first-order valence-corrected chi connectivity index (χ1v) is 7.78. The van der Waals surface area contributed by atoms with Gasteiger partial charge in [-0.2, -0.15) is 0 Å². The lowest BCUT2D eigenvalue weighted by Crippen LogP contribution is -2.34. The number of aromatic nitrogens is 1. The Labute approximate surface area is 116 Å². The summed E-state index contributed by atoms with van der Waals surface area (Å²) in [5, 5.41) is 0. The molecule has 2 aliphatic rings. The summed E-state index contributed by atoms with van der Waals surface area (Å²) in [6, 6.07) is 2.31. The fourth-order valence-corrected chi connectivity index (χ4v) is 3.29. The Morgan fingerprint density at radius 1 is 1.32 bits per heavy atom. The van der Waals surface area contributed by atoms with Crippen molar-refractivity contribution in [2.75, 3.05) is 18.0 Å². The van der Waals surface area contributed by atoms with Crippen LogP contribution < -0.4 is 10.6 Å². The number of hydrogen-bond donors (Lipinski definition) is 1. The molecule has 0 bridgehead atoms. The van der Waals surface area contributed by atoms with Crippen LogP contribution in [0.2, 0.25) is 0 Å². The molecule has 1 heterocycles. The van der Waals surface area contributed by atoms with Crippen LogP contribution in [0.15, 0.2) is 6.07 Å². The van der Waals surface area contributed by atoms with Crippen molar-refractivity contribution in [2.45, 2.75) is 52.0 Å². The van der Waals surface area contributed by atoms with E-state index < -0.39 is 0 Å². The average Bonchev–Trinajstić information content (AvgIpc) is 2.83. The first-order chi connectivity index (χ1) is 9.31. The van der Waals surface area contributed by atoms with Gasteiger partial charge in [0.2, 0.25) is 0 Å². The second-order valence-electron chi connectivity index (χ2n) is 5.97. The highest BCUT2D eigenvalue weighted by Crippen LogP contribution is 2.31. The third kappa shape index (κ3) is 2.48. The highest BCUT2D eigenvalue weighted by molar-refractivity contribution is 5.51. The van der Waals surface area contributed by atoms with Crippen LogP contribution in [0, 0.1) is 5.92 Å². The van der Waals surface area contributed by atoms with E-state index in [2.05, 4.69) is 17.9 Å². The normalized spacial score (nSPS) is 18.2. The molecule has 2 N–H and O–H groups in total. The molecule has 104 valence electrons. The second kappa shape index (κ2) is 5.49. The van der Waals surface area contributed by atoms with Crippen molar-refractivity contribution in [3.05, 3.63) is 22.9 Å². The predicted octanol–water partition coefficient (Wildman–Crippen LogP) is 2.66. The Balaban J connectivity index is 1.87. The molecule has 3 nitrogen and oxygen atoms in total. The molecule has 0 aliphatic heterocycles. The van der Waals surface area contributed by atoms with Crippen LogP contribution in [-0.2, 0) is 19.4 Å². The monoisotopic (exact) mass is 259 g/mol. The van der Waals surface area contributed by atoms with Gasteiger partial charge in [-0.3, -0.25) is 0 Å². The molecule has 3 rings (SSSR count). The molecule has 0 radical (unpaired) electrons. The predicted molar refractivity (Wildman–Crippen MR) is 79.4 cm³/mol. The topological polar surface area (TPSA) is 42.2 Å². The van der Waals surface area contributed by atoms with Crippen LogP contribution in [-0.4, -0.2) is 18.1 Å². The Hall–Kier alpha value is -1.09. The Kier molecular flexibility index (Phi) is 3.74. The zero-order valence-electron chi connectivity index (χ0n) is 12.0. The van der Waals surface area contributed by atoms with E-state index in [4.69, 9.17) is 10.7 Å². The number of nitrogens with two attached hydrogens (primary N) is 1. The third-order valence-corrected chi connectivity index (χ3v) is 4.71. The van der Waals surface area contributed by atoms with Gasteiger partial charge in [0.15, 0.2) is 0 Å². The molecule has 1 aromatic rings. The molecule has 2 aliphatic carbocycles. The first-order valence-electron chi connectivity index (χ1n) is 7.78. The van der Waals surface area contributed by atoms with Gasteiger partial charge in [0, 0.05) is 30.9 Å². The maximum Gasteiger partial charge on any atom is 0.133 e. The van der Waals surface area contributed by atoms with Crippen LogP contribution in [0.4, 0.5) is 5.82 Å². The van der Waals surface area contributed by atoms with E-state index in [1.165, 1.54) is 48.9 Å². The molecule has 0 saturated heterocycles. The largest absolute Gasteiger partial charge is 0.356 e. The van der Waals surface area contributed by atoms with Crippen LogP contribution in [0.3, 0.4) is 0 Å². The summed E-state index contributed by atoms with van der Waals surface area (Å²) in [6.45, 7) is 5.04. The first kappa shape index (κ1) is 12.9. The fraction of sp³-hybridized carbons (Fsp3) is 0.688. The van der Waals surface area contributed by atoms with Crippen molar-refractivity contribution >= 4 is 5.82 Å². The SMILES string of the molecule is CCN(CC1CCC1)c1nc2c(cc1CN)CCC2. The van der Waals surface area contributed by atoms with E-state index in [9.17, 15) is 0 Å². The standard InChI is InChI=1S/C16H25N3/c1-2-19(11-12-5-3-6-12)16-14(10-17)9-13-7-4-8-15(13)18-16/h9,12H,2-8,10-11,17H2,1H3. The van der Waals surface area contributed by atoms with Crippen molar-refractivity contribution in [3.63, 3.8) is 0 Å². The van der Waals surface area contributed by atoms with E-state index in [0.29, 0.717) is 6.54 Å². The van der Waals surface area contributed by atoms with Crippen molar-refractivity contribution in [2.24, 2.45) is 11.7 Å². The second-order valence-corrected chi connectivity index (χ2v) is 5.97. The summed E-state index contributed by atoms with van der Waals surface area (Å²) in [5.41, 5.74) is 9.94. The smallest absolute Gasteiger partial charge is 0.133 e. The maximum absolute atomic E-state index is 5.95. The molecule has 0 atom stereocenters. The molecular formula is C16H25N3. The molecule has 0 aromatic carbocycles. The van der Waals surface area contributed by atoms with E-state index in [1.807, 2.05) is 0 Å². The summed E-state index contributed by atoms with van der Waals surface area (Å²) in [5.74, 6) is 2.04. The molecule has 0 amide bonds. The minimum absolute atomic E-state index is 0.608. The van der Waals surface area contributed by atoms with E-state index in [0.717, 1.165) is 31.2 Å². The zero-order chi connectivity index (χ0) is 13.2.